The topological polar surface area (TPSA) is 120 Å². The average molecular weight is 355 g/mol. The van der Waals surface area contributed by atoms with E-state index >= 15 is 0 Å². The summed E-state index contributed by atoms with van der Waals surface area (Å²) in [4.78, 5) is 34.1. The highest BCUT2D eigenvalue weighted by Gasteiger charge is 2.15. The predicted octanol–water partition coefficient (Wildman–Crippen LogP) is 3.07. The number of nitrogens with zero attached hydrogens (tertiary/aromatic N) is 1. The first-order valence-corrected chi connectivity index (χ1v) is 7.53. The SMILES string of the molecule is Cc1c(O)ccc2c(COC(=O)c3cccc([N+](=O)[O-])c3)cc(=O)oc12. The van der Waals surface area contributed by atoms with Crippen LogP contribution in [0.5, 0.6) is 5.75 Å². The number of esters is 1. The number of aryl methyl sites for hydroxylation is 1. The minimum Gasteiger partial charge on any atom is -0.508 e. The number of fused-ring (bicyclic) bond motifs is 1. The van der Waals surface area contributed by atoms with E-state index in [4.69, 9.17) is 9.15 Å². The molecule has 0 bridgehead atoms. The molecule has 8 nitrogen and oxygen atoms in total. The van der Waals surface area contributed by atoms with Gasteiger partial charge in [0.25, 0.3) is 5.69 Å². The van der Waals surface area contributed by atoms with Crippen molar-refractivity contribution in [3.63, 3.8) is 0 Å². The van der Waals surface area contributed by atoms with E-state index in [0.29, 0.717) is 16.5 Å². The first-order valence-electron chi connectivity index (χ1n) is 7.53. The van der Waals surface area contributed by atoms with Gasteiger partial charge >= 0.3 is 11.6 Å². The van der Waals surface area contributed by atoms with Crippen LogP contribution in [-0.2, 0) is 11.3 Å². The number of rotatable bonds is 4. The van der Waals surface area contributed by atoms with Crippen molar-refractivity contribution in [3.05, 3.63) is 79.7 Å². The van der Waals surface area contributed by atoms with Crippen LogP contribution in [-0.4, -0.2) is 16.0 Å². The Morgan fingerprint density at radius 1 is 1.27 bits per heavy atom. The molecule has 3 aromatic rings. The van der Waals surface area contributed by atoms with Crippen LogP contribution in [0.2, 0.25) is 0 Å². The van der Waals surface area contributed by atoms with Gasteiger partial charge in [0.2, 0.25) is 0 Å². The summed E-state index contributed by atoms with van der Waals surface area (Å²) in [5.41, 5.74) is 0.160. The Labute approximate surface area is 146 Å². The molecule has 0 aliphatic carbocycles. The van der Waals surface area contributed by atoms with Crippen LogP contribution in [0.4, 0.5) is 5.69 Å². The van der Waals surface area contributed by atoms with Gasteiger partial charge < -0.3 is 14.3 Å². The maximum Gasteiger partial charge on any atom is 0.338 e. The van der Waals surface area contributed by atoms with Crippen molar-refractivity contribution in [2.75, 3.05) is 0 Å². The number of hydrogen-bond donors (Lipinski definition) is 1. The third-order valence-electron chi connectivity index (χ3n) is 3.87. The van der Waals surface area contributed by atoms with E-state index in [9.17, 15) is 24.8 Å². The number of nitro benzene ring substituents is 1. The van der Waals surface area contributed by atoms with E-state index < -0.39 is 16.5 Å². The number of phenolic OH excluding ortho intramolecular Hbond substituents is 1. The van der Waals surface area contributed by atoms with Crippen molar-refractivity contribution in [1.29, 1.82) is 0 Å². The van der Waals surface area contributed by atoms with Crippen LogP contribution in [0.1, 0.15) is 21.5 Å². The molecule has 2 aromatic carbocycles. The van der Waals surface area contributed by atoms with Gasteiger partial charge in [-0.1, -0.05) is 6.07 Å². The largest absolute Gasteiger partial charge is 0.508 e. The number of nitro groups is 1. The monoisotopic (exact) mass is 355 g/mol. The molecule has 0 saturated heterocycles. The summed E-state index contributed by atoms with van der Waals surface area (Å²) in [6.07, 6.45) is 0. The third kappa shape index (κ3) is 3.25. The minimum atomic E-state index is -0.759. The molecule has 0 saturated carbocycles. The molecule has 26 heavy (non-hydrogen) atoms. The van der Waals surface area contributed by atoms with Gasteiger partial charge in [0, 0.05) is 34.7 Å². The van der Waals surface area contributed by atoms with E-state index in [-0.39, 0.29) is 29.2 Å². The maximum absolute atomic E-state index is 12.1. The predicted molar refractivity (Wildman–Crippen MR) is 91.1 cm³/mol. The Balaban J connectivity index is 1.89. The van der Waals surface area contributed by atoms with E-state index in [1.807, 2.05) is 0 Å². The van der Waals surface area contributed by atoms with Crippen molar-refractivity contribution in [3.8, 4) is 5.75 Å². The van der Waals surface area contributed by atoms with Crippen LogP contribution in [0.15, 0.2) is 51.7 Å². The second-order valence-electron chi connectivity index (χ2n) is 5.56. The maximum atomic E-state index is 12.1. The number of benzene rings is 2. The second kappa shape index (κ2) is 6.67. The van der Waals surface area contributed by atoms with Crippen LogP contribution >= 0.6 is 0 Å². The van der Waals surface area contributed by atoms with Gasteiger partial charge in [-0.2, -0.15) is 0 Å². The smallest absolute Gasteiger partial charge is 0.338 e. The zero-order valence-corrected chi connectivity index (χ0v) is 13.6. The summed E-state index contributed by atoms with van der Waals surface area (Å²) in [5.74, 6) is -0.781. The fourth-order valence-corrected chi connectivity index (χ4v) is 2.51. The molecule has 0 unspecified atom stereocenters. The van der Waals surface area contributed by atoms with Gasteiger partial charge in [-0.15, -0.1) is 0 Å². The van der Waals surface area contributed by atoms with Crippen LogP contribution in [0.25, 0.3) is 11.0 Å². The highest BCUT2D eigenvalue weighted by atomic mass is 16.6. The number of phenols is 1. The van der Waals surface area contributed by atoms with Crippen LogP contribution in [0, 0.1) is 17.0 Å². The Morgan fingerprint density at radius 2 is 2.04 bits per heavy atom. The van der Waals surface area contributed by atoms with Crippen molar-refractivity contribution in [2.24, 2.45) is 0 Å². The quantitative estimate of drug-likeness (QED) is 0.330. The van der Waals surface area contributed by atoms with Crippen molar-refractivity contribution in [1.82, 2.24) is 0 Å². The molecule has 1 aromatic heterocycles. The van der Waals surface area contributed by atoms with E-state index in [1.54, 1.807) is 13.0 Å². The highest BCUT2D eigenvalue weighted by Crippen LogP contribution is 2.27. The first-order chi connectivity index (χ1) is 12.4. The van der Waals surface area contributed by atoms with E-state index in [1.165, 1.54) is 30.3 Å². The zero-order valence-electron chi connectivity index (χ0n) is 13.6. The van der Waals surface area contributed by atoms with Gasteiger partial charge in [0.05, 0.1) is 10.5 Å². The van der Waals surface area contributed by atoms with E-state index in [0.717, 1.165) is 6.07 Å². The third-order valence-corrected chi connectivity index (χ3v) is 3.87. The van der Waals surface area contributed by atoms with Crippen LogP contribution < -0.4 is 5.63 Å². The Kier molecular flexibility index (Phi) is 4.40. The first kappa shape index (κ1) is 17.2. The zero-order chi connectivity index (χ0) is 18.8. The molecule has 1 heterocycles. The summed E-state index contributed by atoms with van der Waals surface area (Å²) in [6, 6.07) is 9.35. The molecule has 0 fully saturated rings. The summed E-state index contributed by atoms with van der Waals surface area (Å²) in [6.45, 7) is 1.37. The molecule has 0 atom stereocenters. The number of hydrogen-bond acceptors (Lipinski definition) is 7. The molecule has 132 valence electrons. The summed E-state index contributed by atoms with van der Waals surface area (Å²) >= 11 is 0. The second-order valence-corrected chi connectivity index (χ2v) is 5.56. The molecular formula is C18H13NO7. The lowest BCUT2D eigenvalue weighted by atomic mass is 10.1. The molecule has 3 rings (SSSR count). The molecule has 8 heteroatoms. The number of non-ortho nitro benzene ring substituents is 1. The van der Waals surface area contributed by atoms with E-state index in [2.05, 4.69) is 0 Å². The average Bonchev–Trinajstić information content (AvgIpc) is 2.63. The molecule has 1 N–H and O–H groups in total. The van der Waals surface area contributed by atoms with Gasteiger partial charge in [-0.3, -0.25) is 10.1 Å². The fraction of sp³-hybridized carbons (Fsp3) is 0.111. The van der Waals surface area contributed by atoms with Crippen LogP contribution in [0.3, 0.4) is 0 Å². The minimum absolute atomic E-state index is 0.0219. The lowest BCUT2D eigenvalue weighted by Gasteiger charge is -2.09. The lowest BCUT2D eigenvalue weighted by Crippen LogP contribution is -2.08. The standard InChI is InChI=1S/C18H13NO7/c1-10-15(20)6-5-14-12(8-16(21)26-17(10)14)9-25-18(22)11-3-2-4-13(7-11)19(23)24/h2-8,20H,9H2,1H3. The Morgan fingerprint density at radius 3 is 2.77 bits per heavy atom. The molecule has 0 amide bonds. The number of carbonyl (C=O) groups excluding carboxylic acids is 1. The Hall–Kier alpha value is -3.68. The van der Waals surface area contributed by atoms with Gasteiger partial charge in [-0.25, -0.2) is 9.59 Å². The van der Waals surface area contributed by atoms with Crippen molar-refractivity contribution in [2.45, 2.75) is 13.5 Å². The van der Waals surface area contributed by atoms with Gasteiger partial charge in [-0.05, 0) is 25.1 Å². The normalized spacial score (nSPS) is 10.7. The molecule has 0 radical (unpaired) electrons. The molecule has 0 aliphatic rings. The molecule has 0 aliphatic heterocycles. The molecular weight excluding hydrogens is 342 g/mol. The summed E-state index contributed by atoms with van der Waals surface area (Å²) in [5, 5.41) is 21.0. The van der Waals surface area contributed by atoms with Gasteiger partial charge in [0.1, 0.15) is 17.9 Å². The highest BCUT2D eigenvalue weighted by molar-refractivity contribution is 5.90. The summed E-state index contributed by atoms with van der Waals surface area (Å²) in [7, 11) is 0. The fourth-order valence-electron chi connectivity index (χ4n) is 2.51. The van der Waals surface area contributed by atoms with Gasteiger partial charge in [0.15, 0.2) is 0 Å². The number of carbonyl (C=O) groups is 1. The summed E-state index contributed by atoms with van der Waals surface area (Å²) < 4.78 is 10.3. The van der Waals surface area contributed by atoms with Crippen molar-refractivity contribution >= 4 is 22.6 Å². The number of ether oxygens (including phenoxy) is 1. The number of aromatic hydroxyl groups is 1. The lowest BCUT2D eigenvalue weighted by molar-refractivity contribution is -0.384. The Bertz CT molecular complexity index is 1080. The molecule has 0 spiro atoms. The van der Waals surface area contributed by atoms with Crippen molar-refractivity contribution < 1.29 is 24.0 Å².